The van der Waals surface area contributed by atoms with Crippen LogP contribution in [0.15, 0.2) is 18.2 Å². The zero-order valence-electron chi connectivity index (χ0n) is 11.7. The van der Waals surface area contributed by atoms with Gasteiger partial charge in [-0.25, -0.2) is 9.67 Å². The van der Waals surface area contributed by atoms with E-state index in [4.69, 9.17) is 17.3 Å². The van der Waals surface area contributed by atoms with E-state index in [0.29, 0.717) is 11.0 Å². The van der Waals surface area contributed by atoms with E-state index in [1.807, 2.05) is 41.4 Å². The van der Waals surface area contributed by atoms with Crippen LogP contribution >= 0.6 is 11.6 Å². The summed E-state index contributed by atoms with van der Waals surface area (Å²) in [7, 11) is 1.90. The number of imidazole rings is 1. The van der Waals surface area contributed by atoms with Crippen LogP contribution in [0.3, 0.4) is 0 Å². The van der Waals surface area contributed by atoms with Crippen LogP contribution in [0.25, 0.3) is 16.9 Å². The zero-order valence-corrected chi connectivity index (χ0v) is 12.4. The normalized spacial score (nSPS) is 11.4. The molecular weight excluding hydrogens is 274 g/mol. The summed E-state index contributed by atoms with van der Waals surface area (Å²) in [4.78, 5) is 4.47. The van der Waals surface area contributed by atoms with E-state index >= 15 is 0 Å². The van der Waals surface area contributed by atoms with Crippen LogP contribution in [-0.4, -0.2) is 19.3 Å². The van der Waals surface area contributed by atoms with Gasteiger partial charge >= 0.3 is 0 Å². The van der Waals surface area contributed by atoms with Crippen LogP contribution < -0.4 is 5.73 Å². The Morgan fingerprint density at radius 1 is 1.35 bits per heavy atom. The number of aryl methyl sites for hydroxylation is 2. The van der Waals surface area contributed by atoms with Gasteiger partial charge in [-0.05, 0) is 31.0 Å². The summed E-state index contributed by atoms with van der Waals surface area (Å²) in [5.74, 6) is 0.452. The van der Waals surface area contributed by atoms with Crippen molar-refractivity contribution in [2.24, 2.45) is 7.05 Å². The number of benzene rings is 1. The third kappa shape index (κ3) is 1.70. The minimum absolute atomic E-state index is 0.452. The third-order valence-electron chi connectivity index (χ3n) is 3.54. The summed E-state index contributed by atoms with van der Waals surface area (Å²) >= 11 is 6.21. The predicted octanol–water partition coefficient (Wildman–Crippen LogP) is 2.87. The molecule has 0 aliphatic carbocycles. The van der Waals surface area contributed by atoms with E-state index in [0.717, 1.165) is 34.5 Å². The van der Waals surface area contributed by atoms with Gasteiger partial charge in [-0.1, -0.05) is 24.6 Å². The van der Waals surface area contributed by atoms with Gasteiger partial charge < -0.3 is 5.73 Å². The summed E-state index contributed by atoms with van der Waals surface area (Å²) in [5, 5.41) is 5.20. The lowest BCUT2D eigenvalue weighted by Gasteiger charge is -2.11. The van der Waals surface area contributed by atoms with Crippen LogP contribution in [0.1, 0.15) is 18.2 Å². The molecule has 1 aromatic carbocycles. The maximum absolute atomic E-state index is 6.21. The molecule has 0 spiro atoms. The number of fused-ring (bicyclic) bond motifs is 1. The van der Waals surface area contributed by atoms with Crippen LogP contribution in [0.4, 0.5) is 5.95 Å². The van der Waals surface area contributed by atoms with Gasteiger partial charge in [-0.2, -0.15) is 5.10 Å². The Bertz CT molecular complexity index is 800. The highest BCUT2D eigenvalue weighted by Crippen LogP contribution is 2.29. The van der Waals surface area contributed by atoms with Gasteiger partial charge in [0.05, 0.1) is 11.4 Å². The molecule has 20 heavy (non-hydrogen) atoms. The second kappa shape index (κ2) is 4.52. The lowest BCUT2D eigenvalue weighted by molar-refractivity contribution is 0.751. The number of nitrogens with two attached hydrogens (primary N) is 1. The predicted molar refractivity (Wildman–Crippen MR) is 81.4 cm³/mol. The molecule has 2 aromatic heterocycles. The van der Waals surface area contributed by atoms with Crippen LogP contribution in [0.5, 0.6) is 0 Å². The lowest BCUT2D eigenvalue weighted by atomic mass is 10.2. The minimum atomic E-state index is 0.452. The SMILES string of the molecule is CCc1nn(C)c2c1nc(N)n2-c1cccc(Cl)c1C. The number of anilines is 1. The first-order valence-electron chi connectivity index (χ1n) is 6.49. The number of hydrogen-bond acceptors (Lipinski definition) is 3. The standard InChI is InChI=1S/C14H16ClN5/c1-4-10-12-13(19(3)18-10)20(14(16)17-12)11-7-5-6-9(15)8(11)2/h5-7H,4H2,1-3H3,(H2,16,17). The first-order chi connectivity index (χ1) is 9.54. The van der Waals surface area contributed by atoms with E-state index in [-0.39, 0.29) is 0 Å². The summed E-state index contributed by atoms with van der Waals surface area (Å²) in [5.41, 5.74) is 10.7. The summed E-state index contributed by atoms with van der Waals surface area (Å²) in [6.45, 7) is 4.03. The molecule has 0 radical (unpaired) electrons. The third-order valence-corrected chi connectivity index (χ3v) is 3.95. The Hall–Kier alpha value is -2.01. The molecule has 0 atom stereocenters. The monoisotopic (exact) mass is 289 g/mol. The molecule has 5 nitrogen and oxygen atoms in total. The van der Waals surface area contributed by atoms with Gasteiger partial charge in [0.1, 0.15) is 5.52 Å². The number of nitrogen functional groups attached to an aromatic ring is 1. The van der Waals surface area contributed by atoms with Crippen molar-refractivity contribution in [2.45, 2.75) is 20.3 Å². The molecule has 104 valence electrons. The molecule has 2 heterocycles. The summed E-state index contributed by atoms with van der Waals surface area (Å²) in [6, 6.07) is 5.76. The maximum Gasteiger partial charge on any atom is 0.207 e. The van der Waals surface area contributed by atoms with Crippen molar-refractivity contribution in [2.75, 3.05) is 5.73 Å². The van der Waals surface area contributed by atoms with Crippen LogP contribution in [0, 0.1) is 6.92 Å². The van der Waals surface area contributed by atoms with Crippen molar-refractivity contribution in [3.63, 3.8) is 0 Å². The molecule has 0 bridgehead atoms. The molecular formula is C14H16ClN5. The largest absolute Gasteiger partial charge is 0.369 e. The average molecular weight is 290 g/mol. The molecule has 0 fully saturated rings. The Labute approximate surface area is 122 Å². The summed E-state index contributed by atoms with van der Waals surface area (Å²) < 4.78 is 3.72. The van der Waals surface area contributed by atoms with E-state index in [2.05, 4.69) is 17.0 Å². The maximum atomic E-state index is 6.21. The minimum Gasteiger partial charge on any atom is -0.369 e. The van der Waals surface area contributed by atoms with Gasteiger partial charge in [-0.3, -0.25) is 4.57 Å². The van der Waals surface area contributed by atoms with Crippen molar-refractivity contribution in [3.05, 3.63) is 34.5 Å². The van der Waals surface area contributed by atoms with Gasteiger partial charge in [0.15, 0.2) is 5.65 Å². The smallest absolute Gasteiger partial charge is 0.207 e. The Morgan fingerprint density at radius 2 is 2.10 bits per heavy atom. The van der Waals surface area contributed by atoms with Crippen molar-refractivity contribution in [1.82, 2.24) is 19.3 Å². The first kappa shape index (κ1) is 13.0. The number of halogens is 1. The molecule has 3 aromatic rings. The fourth-order valence-electron chi connectivity index (χ4n) is 2.51. The fourth-order valence-corrected chi connectivity index (χ4v) is 2.68. The molecule has 0 aliphatic rings. The van der Waals surface area contributed by atoms with Gasteiger partial charge in [0.25, 0.3) is 0 Å². The lowest BCUT2D eigenvalue weighted by Crippen LogP contribution is -2.06. The van der Waals surface area contributed by atoms with Gasteiger partial charge in [0.2, 0.25) is 5.95 Å². The average Bonchev–Trinajstić information content (AvgIpc) is 2.90. The van der Waals surface area contributed by atoms with Gasteiger partial charge in [0, 0.05) is 12.1 Å². The van der Waals surface area contributed by atoms with E-state index in [1.165, 1.54) is 0 Å². The molecule has 0 saturated carbocycles. The summed E-state index contributed by atoms with van der Waals surface area (Å²) in [6.07, 6.45) is 0.822. The number of hydrogen-bond donors (Lipinski definition) is 1. The zero-order chi connectivity index (χ0) is 14.4. The highest BCUT2D eigenvalue weighted by atomic mass is 35.5. The number of rotatable bonds is 2. The second-order valence-electron chi connectivity index (χ2n) is 4.79. The van der Waals surface area contributed by atoms with Gasteiger partial charge in [-0.15, -0.1) is 0 Å². The topological polar surface area (TPSA) is 61.7 Å². The highest BCUT2D eigenvalue weighted by molar-refractivity contribution is 6.31. The first-order valence-corrected chi connectivity index (χ1v) is 6.87. The second-order valence-corrected chi connectivity index (χ2v) is 5.19. The van der Waals surface area contributed by atoms with Crippen LogP contribution in [0.2, 0.25) is 5.02 Å². The Balaban J connectivity index is 2.39. The Kier molecular flexibility index (Phi) is 2.94. The van der Waals surface area contributed by atoms with E-state index < -0.39 is 0 Å². The van der Waals surface area contributed by atoms with Crippen molar-refractivity contribution >= 4 is 28.7 Å². The van der Waals surface area contributed by atoms with E-state index in [9.17, 15) is 0 Å². The van der Waals surface area contributed by atoms with Crippen molar-refractivity contribution in [1.29, 1.82) is 0 Å². The molecule has 0 unspecified atom stereocenters. The Morgan fingerprint density at radius 3 is 2.80 bits per heavy atom. The molecule has 0 aliphatic heterocycles. The van der Waals surface area contributed by atoms with Crippen molar-refractivity contribution < 1.29 is 0 Å². The molecule has 3 rings (SSSR count). The molecule has 6 heteroatoms. The molecule has 0 amide bonds. The number of aromatic nitrogens is 4. The molecule has 0 saturated heterocycles. The number of nitrogens with zero attached hydrogens (tertiary/aromatic N) is 4. The molecule has 2 N–H and O–H groups in total. The highest BCUT2D eigenvalue weighted by Gasteiger charge is 2.19. The fraction of sp³-hybridized carbons (Fsp3) is 0.286. The van der Waals surface area contributed by atoms with Crippen LogP contribution in [-0.2, 0) is 13.5 Å². The van der Waals surface area contributed by atoms with E-state index in [1.54, 1.807) is 0 Å². The quantitative estimate of drug-likeness (QED) is 0.789. The van der Waals surface area contributed by atoms with Crippen molar-refractivity contribution in [3.8, 4) is 5.69 Å².